The number of carbonyl (C=O) groups excluding carboxylic acids is 3. The zero-order valence-corrected chi connectivity index (χ0v) is 41.8. The van der Waals surface area contributed by atoms with E-state index >= 15 is 0 Å². The summed E-state index contributed by atoms with van der Waals surface area (Å²) >= 11 is 0. The van der Waals surface area contributed by atoms with E-state index in [9.17, 15) is 14.4 Å². The fourth-order valence-corrected chi connectivity index (χ4v) is 7.64. The van der Waals surface area contributed by atoms with Gasteiger partial charge in [-0.25, -0.2) is 0 Å². The summed E-state index contributed by atoms with van der Waals surface area (Å²) in [6, 6.07) is 0. The normalized spacial score (nSPS) is 12.4. The van der Waals surface area contributed by atoms with Crippen LogP contribution in [0.2, 0.25) is 0 Å². The largest absolute Gasteiger partial charge is 0.462 e. The van der Waals surface area contributed by atoms with Crippen molar-refractivity contribution >= 4 is 17.9 Å². The molecule has 0 aromatic heterocycles. The molecular weight excluding hydrogens is 781 g/mol. The molecule has 63 heavy (non-hydrogen) atoms. The summed E-state index contributed by atoms with van der Waals surface area (Å²) in [5.41, 5.74) is 0. The smallest absolute Gasteiger partial charge is 0.306 e. The van der Waals surface area contributed by atoms with Gasteiger partial charge in [0.2, 0.25) is 0 Å². The van der Waals surface area contributed by atoms with Crippen molar-refractivity contribution in [1.82, 2.24) is 0 Å². The molecule has 0 aliphatic heterocycles. The minimum absolute atomic E-state index is 0.0848. The average molecular weight is 883 g/mol. The first-order valence-corrected chi connectivity index (χ1v) is 27.1. The molecule has 0 bridgehead atoms. The predicted octanol–water partition coefficient (Wildman–Crippen LogP) is 17.9. The molecule has 0 saturated carbocycles. The molecule has 6 heteroatoms. The van der Waals surface area contributed by atoms with Gasteiger partial charge in [-0.3, -0.25) is 14.4 Å². The molecule has 1 atom stereocenters. The van der Waals surface area contributed by atoms with Crippen LogP contribution >= 0.6 is 0 Å². The Balaban J connectivity index is 4.41. The number of carbonyl (C=O) groups is 3. The minimum atomic E-state index is -0.786. The Kier molecular flexibility index (Phi) is 49.8. The SMILES string of the molecule is CCCCC/C=C\C/C=C\CCCCCCCC(=O)O[C@H](COC(=O)CCCCCCC/C=C\CCCCCCC)COC(=O)CCCCCCC/C=C\CCCCCCCCC. The van der Waals surface area contributed by atoms with Crippen molar-refractivity contribution in [1.29, 1.82) is 0 Å². The maximum atomic E-state index is 12.8. The van der Waals surface area contributed by atoms with E-state index in [1.54, 1.807) is 0 Å². The average Bonchev–Trinajstić information content (AvgIpc) is 3.28. The highest BCUT2D eigenvalue weighted by molar-refractivity contribution is 5.71. The molecule has 0 spiro atoms. The second-order valence-electron chi connectivity index (χ2n) is 18.1. The molecule has 0 rings (SSSR count). The van der Waals surface area contributed by atoms with Gasteiger partial charge in [0.15, 0.2) is 6.10 Å². The van der Waals surface area contributed by atoms with E-state index in [1.807, 2.05) is 0 Å². The Morgan fingerprint density at radius 2 is 0.571 bits per heavy atom. The summed E-state index contributed by atoms with van der Waals surface area (Å²) in [4.78, 5) is 38.0. The number of allylic oxidation sites excluding steroid dienone is 8. The lowest BCUT2D eigenvalue weighted by molar-refractivity contribution is -0.167. The summed E-state index contributed by atoms with van der Waals surface area (Å²) in [6.07, 6.45) is 62.3. The quantitative estimate of drug-likeness (QED) is 0.0262. The third kappa shape index (κ3) is 50.2. The van der Waals surface area contributed by atoms with Crippen LogP contribution in [0.1, 0.15) is 278 Å². The van der Waals surface area contributed by atoms with Crippen molar-refractivity contribution in [3.63, 3.8) is 0 Å². The van der Waals surface area contributed by atoms with Gasteiger partial charge in [0.1, 0.15) is 13.2 Å². The molecule has 0 aromatic rings. The third-order valence-corrected chi connectivity index (χ3v) is 11.8. The van der Waals surface area contributed by atoms with Gasteiger partial charge in [0.05, 0.1) is 0 Å². The lowest BCUT2D eigenvalue weighted by Gasteiger charge is -2.18. The highest BCUT2D eigenvalue weighted by Crippen LogP contribution is 2.14. The Morgan fingerprint density at radius 3 is 0.921 bits per heavy atom. The highest BCUT2D eigenvalue weighted by Gasteiger charge is 2.19. The number of unbranched alkanes of at least 4 members (excludes halogenated alkanes) is 30. The van der Waals surface area contributed by atoms with E-state index in [0.717, 1.165) is 96.3 Å². The van der Waals surface area contributed by atoms with Gasteiger partial charge in [-0.05, 0) is 103 Å². The first-order chi connectivity index (χ1) is 31.0. The van der Waals surface area contributed by atoms with E-state index in [1.165, 1.54) is 141 Å². The summed E-state index contributed by atoms with van der Waals surface area (Å²) in [5.74, 6) is -0.906. The van der Waals surface area contributed by atoms with Crippen molar-refractivity contribution in [2.45, 2.75) is 284 Å². The molecule has 6 nitrogen and oxygen atoms in total. The fraction of sp³-hybridized carbons (Fsp3) is 0.807. The minimum Gasteiger partial charge on any atom is -0.462 e. The molecule has 0 saturated heterocycles. The second-order valence-corrected chi connectivity index (χ2v) is 18.1. The molecule has 366 valence electrons. The molecule has 0 radical (unpaired) electrons. The summed E-state index contributed by atoms with van der Waals surface area (Å²) in [5, 5.41) is 0. The van der Waals surface area contributed by atoms with Crippen LogP contribution < -0.4 is 0 Å². The van der Waals surface area contributed by atoms with E-state index in [0.29, 0.717) is 19.3 Å². The Bertz CT molecular complexity index is 1110. The van der Waals surface area contributed by atoms with E-state index < -0.39 is 6.10 Å². The van der Waals surface area contributed by atoms with Gasteiger partial charge in [-0.1, -0.05) is 204 Å². The fourth-order valence-electron chi connectivity index (χ4n) is 7.64. The van der Waals surface area contributed by atoms with Crippen LogP contribution in [0.25, 0.3) is 0 Å². The van der Waals surface area contributed by atoms with Crippen LogP contribution in [-0.2, 0) is 28.6 Å². The van der Waals surface area contributed by atoms with E-state index in [-0.39, 0.29) is 31.1 Å². The Hall–Kier alpha value is -2.63. The van der Waals surface area contributed by atoms with E-state index in [2.05, 4.69) is 69.4 Å². The number of esters is 3. The molecule has 0 N–H and O–H groups in total. The van der Waals surface area contributed by atoms with Crippen LogP contribution in [0.15, 0.2) is 48.6 Å². The molecule has 0 amide bonds. The van der Waals surface area contributed by atoms with Gasteiger partial charge in [-0.15, -0.1) is 0 Å². The molecule has 0 aliphatic carbocycles. The topological polar surface area (TPSA) is 78.9 Å². The van der Waals surface area contributed by atoms with Gasteiger partial charge in [0.25, 0.3) is 0 Å². The van der Waals surface area contributed by atoms with Crippen molar-refractivity contribution in [2.24, 2.45) is 0 Å². The standard InChI is InChI=1S/C57H102O6/c1-4-7-10-13-16-19-22-25-28-30-32-35-38-41-44-47-50-56(59)62-53-54(52-61-55(58)49-46-43-40-37-34-31-27-24-21-18-15-12-9-6-3)63-57(60)51-48-45-42-39-36-33-29-26-23-20-17-14-11-8-5-2/h17,20,24,26-30,54H,4-16,18-19,21-23,25,31-53H2,1-3H3/b20-17-,27-24-,29-26-,30-28-/t54-/m1/s1. The van der Waals surface area contributed by atoms with Crippen molar-refractivity contribution < 1.29 is 28.6 Å². The molecule has 0 heterocycles. The molecule has 0 unspecified atom stereocenters. The van der Waals surface area contributed by atoms with E-state index in [4.69, 9.17) is 14.2 Å². The monoisotopic (exact) mass is 883 g/mol. The number of rotatable bonds is 49. The van der Waals surface area contributed by atoms with Crippen molar-refractivity contribution in [2.75, 3.05) is 13.2 Å². The second kappa shape index (κ2) is 52.0. The Morgan fingerprint density at radius 1 is 0.317 bits per heavy atom. The molecule has 0 aliphatic rings. The summed E-state index contributed by atoms with van der Waals surface area (Å²) in [7, 11) is 0. The van der Waals surface area contributed by atoms with Crippen LogP contribution in [0.4, 0.5) is 0 Å². The lowest BCUT2D eigenvalue weighted by atomic mass is 10.1. The molecule has 0 aromatic carbocycles. The van der Waals surface area contributed by atoms with Gasteiger partial charge < -0.3 is 14.2 Å². The first-order valence-electron chi connectivity index (χ1n) is 27.1. The van der Waals surface area contributed by atoms with Gasteiger partial charge >= 0.3 is 17.9 Å². The van der Waals surface area contributed by atoms with Crippen molar-refractivity contribution in [3.8, 4) is 0 Å². The van der Waals surface area contributed by atoms with Gasteiger partial charge in [-0.2, -0.15) is 0 Å². The van der Waals surface area contributed by atoms with Crippen molar-refractivity contribution in [3.05, 3.63) is 48.6 Å². The zero-order chi connectivity index (χ0) is 45.8. The number of hydrogen-bond donors (Lipinski definition) is 0. The maximum Gasteiger partial charge on any atom is 0.306 e. The van der Waals surface area contributed by atoms with Crippen LogP contribution in [0, 0.1) is 0 Å². The van der Waals surface area contributed by atoms with Crippen LogP contribution in [-0.4, -0.2) is 37.2 Å². The number of hydrogen-bond acceptors (Lipinski definition) is 6. The zero-order valence-electron chi connectivity index (χ0n) is 41.8. The summed E-state index contributed by atoms with van der Waals surface area (Å²) in [6.45, 7) is 6.59. The number of ether oxygens (including phenoxy) is 3. The maximum absolute atomic E-state index is 12.8. The predicted molar refractivity (Wildman–Crippen MR) is 270 cm³/mol. The first kappa shape index (κ1) is 60.4. The molecular formula is C57H102O6. The molecule has 0 fully saturated rings. The van der Waals surface area contributed by atoms with Gasteiger partial charge in [0, 0.05) is 19.3 Å². The highest BCUT2D eigenvalue weighted by atomic mass is 16.6. The summed E-state index contributed by atoms with van der Waals surface area (Å²) < 4.78 is 16.8. The van der Waals surface area contributed by atoms with Crippen LogP contribution in [0.3, 0.4) is 0 Å². The van der Waals surface area contributed by atoms with Crippen LogP contribution in [0.5, 0.6) is 0 Å². The third-order valence-electron chi connectivity index (χ3n) is 11.8. The lowest BCUT2D eigenvalue weighted by Crippen LogP contribution is -2.30. The Labute approximate surface area is 390 Å².